The summed E-state index contributed by atoms with van der Waals surface area (Å²) < 4.78 is 42.5. The molecule has 1 aromatic rings. The molecule has 0 aromatic heterocycles. The van der Waals surface area contributed by atoms with E-state index in [0.717, 1.165) is 49.9 Å². The first-order valence-corrected chi connectivity index (χ1v) is 7.46. The molecule has 1 aliphatic rings. The molecule has 1 atom stereocenters. The van der Waals surface area contributed by atoms with Gasteiger partial charge in [-0.3, -0.25) is 9.59 Å². The van der Waals surface area contributed by atoms with Crippen molar-refractivity contribution < 1.29 is 27.5 Å². The molecule has 0 heterocycles. The van der Waals surface area contributed by atoms with Gasteiger partial charge in [-0.25, -0.2) is 0 Å². The molecule has 4 nitrogen and oxygen atoms in total. The van der Waals surface area contributed by atoms with Crippen LogP contribution in [0.25, 0.3) is 0 Å². The highest BCUT2D eigenvalue weighted by Gasteiger charge is 2.30. The van der Waals surface area contributed by atoms with E-state index < -0.39 is 29.7 Å². The topological polar surface area (TPSA) is 55.4 Å². The van der Waals surface area contributed by atoms with Gasteiger partial charge in [0.05, 0.1) is 11.5 Å². The average molecular weight is 329 g/mol. The van der Waals surface area contributed by atoms with Crippen molar-refractivity contribution in [1.29, 1.82) is 0 Å². The van der Waals surface area contributed by atoms with Crippen LogP contribution in [0.5, 0.6) is 0 Å². The maximum Gasteiger partial charge on any atom is 0.416 e. The first kappa shape index (κ1) is 17.3. The molecule has 0 radical (unpaired) electrons. The summed E-state index contributed by atoms with van der Waals surface area (Å²) in [7, 11) is 0. The molecule has 23 heavy (non-hydrogen) atoms. The number of rotatable bonds is 4. The molecule has 0 aliphatic heterocycles. The number of hydrogen-bond donors (Lipinski definition) is 1. The standard InChI is InChI=1S/C16H18F3NO3/c1-10(23-15(22)11-4-2-3-5-11)14(21)20-13-8-6-12(7-9-13)16(17,18)19/h6-11H,2-5H2,1H3,(H,20,21)/t10-/m1/s1. The van der Waals surface area contributed by atoms with Crippen LogP contribution in [0.1, 0.15) is 38.2 Å². The summed E-state index contributed by atoms with van der Waals surface area (Å²) in [5, 5.41) is 2.43. The lowest BCUT2D eigenvalue weighted by Gasteiger charge is -2.16. The highest BCUT2D eigenvalue weighted by atomic mass is 19.4. The Balaban J connectivity index is 1.89. The van der Waals surface area contributed by atoms with Gasteiger partial charge in [-0.05, 0) is 44.0 Å². The van der Waals surface area contributed by atoms with E-state index in [1.807, 2.05) is 0 Å². The van der Waals surface area contributed by atoms with E-state index in [2.05, 4.69) is 5.32 Å². The fourth-order valence-corrected chi connectivity index (χ4v) is 2.47. The minimum atomic E-state index is -4.42. The number of carbonyl (C=O) groups excluding carboxylic acids is 2. The van der Waals surface area contributed by atoms with Crippen molar-refractivity contribution in [1.82, 2.24) is 0 Å². The molecule has 1 saturated carbocycles. The molecule has 1 fully saturated rings. The molecule has 1 amide bonds. The van der Waals surface area contributed by atoms with E-state index in [-0.39, 0.29) is 11.6 Å². The molecular formula is C16H18F3NO3. The van der Waals surface area contributed by atoms with Gasteiger partial charge in [0.15, 0.2) is 6.10 Å². The molecule has 0 spiro atoms. The van der Waals surface area contributed by atoms with E-state index in [0.29, 0.717) is 0 Å². The maximum absolute atomic E-state index is 12.5. The van der Waals surface area contributed by atoms with Gasteiger partial charge in [-0.2, -0.15) is 13.2 Å². The van der Waals surface area contributed by atoms with Gasteiger partial charge in [-0.15, -0.1) is 0 Å². The van der Waals surface area contributed by atoms with Crippen molar-refractivity contribution in [3.8, 4) is 0 Å². The van der Waals surface area contributed by atoms with Gasteiger partial charge >= 0.3 is 12.1 Å². The van der Waals surface area contributed by atoms with Gasteiger partial charge < -0.3 is 10.1 Å². The van der Waals surface area contributed by atoms with E-state index >= 15 is 0 Å². The van der Waals surface area contributed by atoms with Crippen LogP contribution in [0.15, 0.2) is 24.3 Å². The van der Waals surface area contributed by atoms with Crippen molar-refractivity contribution in [2.75, 3.05) is 5.32 Å². The predicted octanol–water partition coefficient (Wildman–Crippen LogP) is 3.77. The van der Waals surface area contributed by atoms with Gasteiger partial charge in [0.1, 0.15) is 0 Å². The Hall–Kier alpha value is -2.05. The zero-order valence-corrected chi connectivity index (χ0v) is 12.7. The molecule has 0 bridgehead atoms. The van der Waals surface area contributed by atoms with Crippen LogP contribution < -0.4 is 5.32 Å². The number of nitrogens with one attached hydrogen (secondary N) is 1. The number of amides is 1. The second-order valence-electron chi connectivity index (χ2n) is 5.62. The summed E-state index contributed by atoms with van der Waals surface area (Å²) in [6, 6.07) is 4.08. The summed E-state index contributed by atoms with van der Waals surface area (Å²) in [4.78, 5) is 23.8. The van der Waals surface area contributed by atoms with Crippen molar-refractivity contribution >= 4 is 17.6 Å². The van der Waals surface area contributed by atoms with Crippen molar-refractivity contribution in [3.05, 3.63) is 29.8 Å². The van der Waals surface area contributed by atoms with E-state index in [1.54, 1.807) is 0 Å². The number of benzene rings is 1. The second-order valence-corrected chi connectivity index (χ2v) is 5.62. The third-order valence-corrected chi connectivity index (χ3v) is 3.83. The number of halogens is 3. The highest BCUT2D eigenvalue weighted by Crippen LogP contribution is 2.30. The largest absolute Gasteiger partial charge is 0.452 e. The quantitative estimate of drug-likeness (QED) is 0.856. The Morgan fingerprint density at radius 3 is 2.26 bits per heavy atom. The predicted molar refractivity (Wildman–Crippen MR) is 77.6 cm³/mol. The lowest BCUT2D eigenvalue weighted by atomic mass is 10.1. The number of anilines is 1. The zero-order chi connectivity index (χ0) is 17.0. The van der Waals surface area contributed by atoms with Crippen LogP contribution in [0.3, 0.4) is 0 Å². The van der Waals surface area contributed by atoms with Crippen LogP contribution >= 0.6 is 0 Å². The minimum Gasteiger partial charge on any atom is -0.452 e. The van der Waals surface area contributed by atoms with Crippen LogP contribution in [0.2, 0.25) is 0 Å². The average Bonchev–Trinajstić information content (AvgIpc) is 3.01. The summed E-state index contributed by atoms with van der Waals surface area (Å²) in [5.74, 6) is -1.12. The molecule has 126 valence electrons. The lowest BCUT2D eigenvalue weighted by Crippen LogP contribution is -2.31. The minimum absolute atomic E-state index is 0.156. The summed E-state index contributed by atoms with van der Waals surface area (Å²) in [6.45, 7) is 1.44. The van der Waals surface area contributed by atoms with Crippen LogP contribution in [0, 0.1) is 5.92 Å². The van der Waals surface area contributed by atoms with Gasteiger partial charge in [0.2, 0.25) is 0 Å². The Bertz CT molecular complexity index is 563. The number of ether oxygens (including phenoxy) is 1. The Kier molecular flexibility index (Phi) is 5.28. The Morgan fingerprint density at radius 1 is 1.17 bits per heavy atom. The first-order valence-electron chi connectivity index (χ1n) is 7.46. The number of alkyl halides is 3. The van der Waals surface area contributed by atoms with Crippen LogP contribution in [0.4, 0.5) is 18.9 Å². The molecular weight excluding hydrogens is 311 g/mol. The van der Waals surface area contributed by atoms with Gasteiger partial charge in [-0.1, -0.05) is 12.8 Å². The van der Waals surface area contributed by atoms with Gasteiger partial charge in [0.25, 0.3) is 5.91 Å². The summed E-state index contributed by atoms with van der Waals surface area (Å²) in [6.07, 6.45) is -1.92. The van der Waals surface area contributed by atoms with Crippen molar-refractivity contribution in [2.45, 2.75) is 44.9 Å². The fourth-order valence-electron chi connectivity index (χ4n) is 2.47. The Labute approximate surface area is 132 Å². The molecule has 7 heteroatoms. The fraction of sp³-hybridized carbons (Fsp3) is 0.500. The molecule has 0 saturated heterocycles. The van der Waals surface area contributed by atoms with Crippen molar-refractivity contribution in [2.24, 2.45) is 5.92 Å². The number of carbonyl (C=O) groups is 2. The molecule has 1 N–H and O–H groups in total. The summed E-state index contributed by atoms with van der Waals surface area (Å²) >= 11 is 0. The lowest BCUT2D eigenvalue weighted by molar-refractivity contribution is -0.157. The third kappa shape index (κ3) is 4.71. The van der Waals surface area contributed by atoms with Crippen LogP contribution in [-0.2, 0) is 20.5 Å². The first-order chi connectivity index (χ1) is 10.8. The Morgan fingerprint density at radius 2 is 1.74 bits per heavy atom. The smallest absolute Gasteiger partial charge is 0.416 e. The van der Waals surface area contributed by atoms with E-state index in [4.69, 9.17) is 4.74 Å². The summed E-state index contributed by atoms with van der Waals surface area (Å²) in [5.41, 5.74) is -0.581. The van der Waals surface area contributed by atoms with E-state index in [1.165, 1.54) is 6.92 Å². The second kappa shape index (κ2) is 7.02. The maximum atomic E-state index is 12.5. The third-order valence-electron chi connectivity index (χ3n) is 3.83. The van der Waals surface area contributed by atoms with Crippen molar-refractivity contribution in [3.63, 3.8) is 0 Å². The van der Waals surface area contributed by atoms with Gasteiger partial charge in [0, 0.05) is 5.69 Å². The highest BCUT2D eigenvalue weighted by molar-refractivity contribution is 5.95. The molecule has 2 rings (SSSR count). The molecule has 1 aliphatic carbocycles. The SMILES string of the molecule is C[C@@H](OC(=O)C1CCCC1)C(=O)Nc1ccc(C(F)(F)F)cc1. The normalized spacial score (nSPS) is 16.9. The molecule has 0 unspecified atom stereocenters. The van der Waals surface area contributed by atoms with Crippen LogP contribution in [-0.4, -0.2) is 18.0 Å². The monoisotopic (exact) mass is 329 g/mol. The number of hydrogen-bond acceptors (Lipinski definition) is 3. The van der Waals surface area contributed by atoms with E-state index in [9.17, 15) is 22.8 Å². The number of esters is 1. The zero-order valence-electron chi connectivity index (χ0n) is 12.7. The molecule has 1 aromatic carbocycles.